The fourth-order valence-electron chi connectivity index (χ4n) is 2.90. The van der Waals surface area contributed by atoms with Gasteiger partial charge in [0, 0.05) is 52.0 Å². The Morgan fingerprint density at radius 2 is 2.11 bits per heavy atom. The van der Waals surface area contributed by atoms with Crippen LogP contribution in [0.25, 0.3) is 0 Å². The number of carbonyl (C=O) groups is 1. The maximum Gasteiger partial charge on any atom is 0.233 e. The second kappa shape index (κ2) is 13.5. The number of hydrogen-bond donors (Lipinski definition) is 3. The lowest BCUT2D eigenvalue weighted by Gasteiger charge is -2.32. The minimum absolute atomic E-state index is 0. The van der Waals surface area contributed by atoms with E-state index in [1.165, 1.54) is 0 Å². The summed E-state index contributed by atoms with van der Waals surface area (Å²) >= 11 is 0. The molecule has 9 heteroatoms. The first-order valence-corrected chi connectivity index (χ1v) is 9.62. The van der Waals surface area contributed by atoms with Gasteiger partial charge in [0.05, 0.1) is 13.2 Å². The summed E-state index contributed by atoms with van der Waals surface area (Å²) in [6, 6.07) is 4.26. The molecule has 1 aliphatic rings. The van der Waals surface area contributed by atoms with Crippen molar-refractivity contribution in [1.82, 2.24) is 25.8 Å². The molecule has 2 heterocycles. The highest BCUT2D eigenvalue weighted by atomic mass is 127. The summed E-state index contributed by atoms with van der Waals surface area (Å²) < 4.78 is 5.50. The van der Waals surface area contributed by atoms with E-state index in [2.05, 4.69) is 37.8 Å². The average molecular weight is 504 g/mol. The van der Waals surface area contributed by atoms with Crippen molar-refractivity contribution in [3.05, 3.63) is 23.9 Å². The van der Waals surface area contributed by atoms with Crippen LogP contribution in [-0.4, -0.2) is 68.1 Å². The largest absolute Gasteiger partial charge is 0.478 e. The molecule has 0 aliphatic carbocycles. The summed E-state index contributed by atoms with van der Waals surface area (Å²) in [5.74, 6) is 1.51. The molecule has 1 fully saturated rings. The van der Waals surface area contributed by atoms with E-state index in [0.29, 0.717) is 31.6 Å². The van der Waals surface area contributed by atoms with Crippen molar-refractivity contribution >= 4 is 35.8 Å². The monoisotopic (exact) mass is 504 g/mol. The molecule has 1 aliphatic heterocycles. The molecule has 2 rings (SSSR count). The Labute approximate surface area is 184 Å². The van der Waals surface area contributed by atoms with E-state index in [1.807, 2.05) is 18.3 Å². The average Bonchev–Trinajstić information content (AvgIpc) is 2.71. The topological polar surface area (TPSA) is 90.9 Å². The molecule has 0 bridgehead atoms. The number of guanidine groups is 1. The molecular formula is C19H33IN6O2. The number of aromatic nitrogens is 1. The van der Waals surface area contributed by atoms with E-state index in [1.54, 1.807) is 14.1 Å². The molecule has 158 valence electrons. The Morgan fingerprint density at radius 3 is 2.68 bits per heavy atom. The van der Waals surface area contributed by atoms with Crippen molar-refractivity contribution in [2.75, 3.05) is 40.3 Å². The molecule has 1 aromatic heterocycles. The predicted molar refractivity (Wildman–Crippen MR) is 122 cm³/mol. The lowest BCUT2D eigenvalue weighted by Crippen LogP contribution is -2.49. The molecule has 0 aromatic carbocycles. The number of rotatable bonds is 8. The first-order chi connectivity index (χ1) is 13.1. The number of nitrogens with one attached hydrogen (secondary N) is 3. The summed E-state index contributed by atoms with van der Waals surface area (Å²) in [4.78, 5) is 22.3. The summed E-state index contributed by atoms with van der Waals surface area (Å²) in [7, 11) is 3.45. The van der Waals surface area contributed by atoms with Gasteiger partial charge in [0.15, 0.2) is 5.96 Å². The van der Waals surface area contributed by atoms with Crippen molar-refractivity contribution in [2.24, 2.45) is 4.99 Å². The van der Waals surface area contributed by atoms with Crippen LogP contribution < -0.4 is 20.7 Å². The van der Waals surface area contributed by atoms with E-state index >= 15 is 0 Å². The van der Waals surface area contributed by atoms with Crippen LogP contribution in [0.15, 0.2) is 23.3 Å². The number of amides is 1. The minimum Gasteiger partial charge on any atom is -0.478 e. The number of carbonyl (C=O) groups excluding carboxylic acids is 1. The lowest BCUT2D eigenvalue weighted by molar-refractivity contribution is -0.122. The second-order valence-electron chi connectivity index (χ2n) is 6.65. The van der Waals surface area contributed by atoms with Crippen LogP contribution in [-0.2, 0) is 11.3 Å². The second-order valence-corrected chi connectivity index (χ2v) is 6.65. The van der Waals surface area contributed by atoms with Gasteiger partial charge in [-0.15, -0.1) is 24.0 Å². The Morgan fingerprint density at radius 1 is 1.36 bits per heavy atom. The number of aliphatic imine (C=N–C) groups is 1. The minimum atomic E-state index is 0. The molecule has 0 atom stereocenters. The van der Waals surface area contributed by atoms with Crippen LogP contribution in [0.2, 0.25) is 0 Å². The van der Waals surface area contributed by atoms with Crippen LogP contribution >= 0.6 is 24.0 Å². The molecule has 0 spiro atoms. The van der Waals surface area contributed by atoms with Crippen LogP contribution in [0.4, 0.5) is 0 Å². The Kier molecular flexibility index (Phi) is 11.8. The van der Waals surface area contributed by atoms with Crippen LogP contribution in [0.3, 0.4) is 0 Å². The van der Waals surface area contributed by atoms with Crippen molar-refractivity contribution in [3.8, 4) is 5.88 Å². The first kappa shape index (κ1) is 24.4. The van der Waals surface area contributed by atoms with Gasteiger partial charge >= 0.3 is 0 Å². The number of likely N-dealkylation sites (tertiary alicyclic amines) is 1. The summed E-state index contributed by atoms with van der Waals surface area (Å²) in [5, 5.41) is 9.47. The smallest absolute Gasteiger partial charge is 0.233 e. The SMILES string of the molecule is CCCOc1ccc(CNC(=NC)NC2CCN(CC(=O)NC)CC2)cn1.I. The molecule has 8 nitrogen and oxygen atoms in total. The van der Waals surface area contributed by atoms with Gasteiger partial charge < -0.3 is 20.7 Å². The van der Waals surface area contributed by atoms with Crippen LogP contribution in [0.1, 0.15) is 31.7 Å². The van der Waals surface area contributed by atoms with Crippen molar-refractivity contribution in [1.29, 1.82) is 0 Å². The van der Waals surface area contributed by atoms with Crippen LogP contribution in [0, 0.1) is 0 Å². The third kappa shape index (κ3) is 8.59. The number of hydrogen-bond acceptors (Lipinski definition) is 5. The molecule has 3 N–H and O–H groups in total. The van der Waals surface area contributed by atoms with E-state index in [9.17, 15) is 4.79 Å². The zero-order valence-corrected chi connectivity index (χ0v) is 19.4. The summed E-state index contributed by atoms with van der Waals surface area (Å²) in [6.45, 7) is 5.69. The highest BCUT2D eigenvalue weighted by molar-refractivity contribution is 14.0. The maximum atomic E-state index is 11.5. The highest BCUT2D eigenvalue weighted by Gasteiger charge is 2.21. The molecule has 0 saturated carbocycles. The third-order valence-corrected chi connectivity index (χ3v) is 4.51. The number of likely N-dealkylation sites (N-methyl/N-ethyl adjacent to an activating group) is 1. The molecule has 28 heavy (non-hydrogen) atoms. The molecule has 1 amide bonds. The fourth-order valence-corrected chi connectivity index (χ4v) is 2.90. The van der Waals surface area contributed by atoms with Gasteiger partial charge in [-0.1, -0.05) is 13.0 Å². The lowest BCUT2D eigenvalue weighted by atomic mass is 10.1. The number of piperidine rings is 1. The summed E-state index contributed by atoms with van der Waals surface area (Å²) in [5.41, 5.74) is 1.07. The molecule has 0 radical (unpaired) electrons. The molecule has 1 saturated heterocycles. The number of pyridine rings is 1. The maximum absolute atomic E-state index is 11.5. The van der Waals surface area contributed by atoms with Crippen LogP contribution in [0.5, 0.6) is 5.88 Å². The van der Waals surface area contributed by atoms with E-state index < -0.39 is 0 Å². The quantitative estimate of drug-likeness (QED) is 0.282. The van der Waals surface area contributed by atoms with Gasteiger partial charge in [-0.25, -0.2) is 4.98 Å². The van der Waals surface area contributed by atoms with Gasteiger partial charge in [0.25, 0.3) is 0 Å². The van der Waals surface area contributed by atoms with Crippen molar-refractivity contribution < 1.29 is 9.53 Å². The first-order valence-electron chi connectivity index (χ1n) is 9.62. The molecule has 0 unspecified atom stereocenters. The third-order valence-electron chi connectivity index (χ3n) is 4.51. The summed E-state index contributed by atoms with van der Waals surface area (Å²) in [6.07, 6.45) is 4.77. The van der Waals surface area contributed by atoms with E-state index in [4.69, 9.17) is 4.74 Å². The zero-order chi connectivity index (χ0) is 19.5. The zero-order valence-electron chi connectivity index (χ0n) is 17.0. The Bertz CT molecular complexity index is 603. The number of halogens is 1. The van der Waals surface area contributed by atoms with Crippen molar-refractivity contribution in [3.63, 3.8) is 0 Å². The number of ether oxygens (including phenoxy) is 1. The van der Waals surface area contributed by atoms with Crippen molar-refractivity contribution in [2.45, 2.75) is 38.8 Å². The van der Waals surface area contributed by atoms with Gasteiger partial charge in [0.1, 0.15) is 0 Å². The number of nitrogens with zero attached hydrogens (tertiary/aromatic N) is 3. The highest BCUT2D eigenvalue weighted by Crippen LogP contribution is 2.10. The standard InChI is InChI=1S/C19H32N6O2.HI/c1-4-11-27-18-6-5-15(12-22-18)13-23-19(21-3)24-16-7-9-25(10-8-16)14-17(26)20-2;/h5-6,12,16H,4,7-11,13-14H2,1-3H3,(H,20,26)(H2,21,23,24);1H. The molecule has 1 aromatic rings. The normalized spacial score (nSPS) is 15.5. The Balaban J connectivity index is 0.00000392. The van der Waals surface area contributed by atoms with Gasteiger partial charge in [-0.05, 0) is 24.8 Å². The van der Waals surface area contributed by atoms with E-state index in [0.717, 1.165) is 43.9 Å². The van der Waals surface area contributed by atoms with E-state index in [-0.39, 0.29) is 29.9 Å². The predicted octanol–water partition coefficient (Wildman–Crippen LogP) is 1.36. The van der Waals surface area contributed by atoms with Gasteiger partial charge in [-0.3, -0.25) is 14.7 Å². The van der Waals surface area contributed by atoms with Gasteiger partial charge in [0.2, 0.25) is 11.8 Å². The van der Waals surface area contributed by atoms with Gasteiger partial charge in [-0.2, -0.15) is 0 Å². The fraction of sp³-hybridized carbons (Fsp3) is 0.632. The Hall–Kier alpha value is -1.62. The molecular weight excluding hydrogens is 471 g/mol.